The molecule has 2 aromatic carbocycles. The number of hydrogen-bond acceptors (Lipinski definition) is 4. The van der Waals surface area contributed by atoms with E-state index in [1.165, 1.54) is 13.2 Å². The van der Waals surface area contributed by atoms with Crippen LogP contribution < -0.4 is 4.74 Å². The molecular formula is C23H24F5NO2S. The predicted octanol–water partition coefficient (Wildman–Crippen LogP) is 5.95. The number of nitrogens with zero attached hydrogens (tertiary/aromatic N) is 1. The van der Waals surface area contributed by atoms with Crippen molar-refractivity contribution in [3.8, 4) is 5.75 Å². The van der Waals surface area contributed by atoms with Crippen molar-refractivity contribution in [1.82, 2.24) is 4.90 Å². The van der Waals surface area contributed by atoms with Crippen molar-refractivity contribution < 1.29 is 31.5 Å². The summed E-state index contributed by atoms with van der Waals surface area (Å²) in [5.74, 6) is -2.54. The van der Waals surface area contributed by atoms with E-state index < -0.39 is 34.6 Å². The van der Waals surface area contributed by atoms with Gasteiger partial charge in [0, 0.05) is 23.3 Å². The van der Waals surface area contributed by atoms with E-state index in [1.807, 2.05) is 11.9 Å². The number of halogens is 5. The second-order valence-electron chi connectivity index (χ2n) is 8.10. The smallest absolute Gasteiger partial charge is 0.416 e. The number of ketones is 1. The van der Waals surface area contributed by atoms with Crippen LogP contribution >= 0.6 is 11.8 Å². The Bertz CT molecular complexity index is 985. The van der Waals surface area contributed by atoms with Gasteiger partial charge in [0.05, 0.1) is 18.2 Å². The molecule has 0 radical (unpaired) electrons. The van der Waals surface area contributed by atoms with Crippen LogP contribution in [0.5, 0.6) is 5.75 Å². The van der Waals surface area contributed by atoms with E-state index in [1.54, 1.807) is 6.26 Å². The minimum absolute atomic E-state index is 0.0717. The first-order valence-electron chi connectivity index (χ1n) is 10.0. The van der Waals surface area contributed by atoms with Gasteiger partial charge >= 0.3 is 6.18 Å². The molecule has 174 valence electrons. The molecule has 1 unspecified atom stereocenters. The number of likely N-dealkylation sites (N-methyl/N-ethyl adjacent to an activating group) is 1. The van der Waals surface area contributed by atoms with Gasteiger partial charge < -0.3 is 9.64 Å². The lowest BCUT2D eigenvalue weighted by Crippen LogP contribution is -2.45. The van der Waals surface area contributed by atoms with Crippen molar-refractivity contribution in [2.75, 3.05) is 33.5 Å². The van der Waals surface area contributed by atoms with Crippen molar-refractivity contribution in [2.24, 2.45) is 0 Å². The number of ether oxygens (including phenoxy) is 1. The Balaban J connectivity index is 2.08. The summed E-state index contributed by atoms with van der Waals surface area (Å²) in [5, 5.41) is 0. The fraction of sp³-hybridized carbons (Fsp3) is 0.435. The Hall–Kier alpha value is -2.13. The van der Waals surface area contributed by atoms with E-state index >= 15 is 0 Å². The van der Waals surface area contributed by atoms with Crippen molar-refractivity contribution in [3.63, 3.8) is 0 Å². The fourth-order valence-electron chi connectivity index (χ4n) is 4.42. The van der Waals surface area contributed by atoms with E-state index in [0.29, 0.717) is 18.5 Å². The number of likely N-dealkylation sites (tertiary alicyclic amines) is 1. The molecule has 32 heavy (non-hydrogen) atoms. The number of piperidine rings is 1. The van der Waals surface area contributed by atoms with Gasteiger partial charge in [-0.05, 0) is 62.5 Å². The first kappa shape index (κ1) is 24.5. The van der Waals surface area contributed by atoms with Gasteiger partial charge in [0.15, 0.2) is 17.4 Å². The largest absolute Gasteiger partial charge is 0.496 e. The molecule has 0 spiro atoms. The molecule has 1 fully saturated rings. The highest BCUT2D eigenvalue weighted by Crippen LogP contribution is 2.42. The number of benzene rings is 2. The molecule has 1 aliphatic rings. The molecule has 3 nitrogen and oxygen atoms in total. The van der Waals surface area contributed by atoms with Crippen molar-refractivity contribution in [3.05, 3.63) is 58.7 Å². The molecule has 9 heteroatoms. The van der Waals surface area contributed by atoms with Crippen LogP contribution in [0, 0.1) is 11.6 Å². The van der Waals surface area contributed by atoms with Gasteiger partial charge in [-0.1, -0.05) is 6.07 Å². The quantitative estimate of drug-likeness (QED) is 0.295. The molecule has 1 heterocycles. The first-order chi connectivity index (χ1) is 15.0. The zero-order valence-corrected chi connectivity index (χ0v) is 18.8. The summed E-state index contributed by atoms with van der Waals surface area (Å²) in [6.45, 7) is 1.22. The third-order valence-corrected chi connectivity index (χ3v) is 6.67. The maximum absolute atomic E-state index is 14.1. The Labute approximate surface area is 187 Å². The second-order valence-corrected chi connectivity index (χ2v) is 8.95. The van der Waals surface area contributed by atoms with Crippen molar-refractivity contribution in [1.29, 1.82) is 0 Å². The molecule has 1 atom stereocenters. The first-order valence-corrected chi connectivity index (χ1v) is 11.2. The number of thioether (sulfide) groups is 1. The molecular weight excluding hydrogens is 449 g/mol. The number of alkyl halides is 3. The van der Waals surface area contributed by atoms with Gasteiger partial charge in [-0.25, -0.2) is 8.78 Å². The van der Waals surface area contributed by atoms with Gasteiger partial charge in [0.1, 0.15) is 5.75 Å². The second kappa shape index (κ2) is 9.39. The molecule has 0 saturated carbocycles. The molecule has 1 saturated heterocycles. The van der Waals surface area contributed by atoms with E-state index in [9.17, 15) is 26.7 Å². The maximum Gasteiger partial charge on any atom is 0.416 e. The van der Waals surface area contributed by atoms with Gasteiger partial charge in [-0.2, -0.15) is 13.2 Å². The average Bonchev–Trinajstić information content (AvgIpc) is 2.73. The topological polar surface area (TPSA) is 29.5 Å². The number of rotatable bonds is 6. The maximum atomic E-state index is 14.1. The van der Waals surface area contributed by atoms with Crippen molar-refractivity contribution in [2.45, 2.75) is 35.7 Å². The highest BCUT2D eigenvalue weighted by atomic mass is 32.2. The van der Waals surface area contributed by atoms with Gasteiger partial charge in [0.25, 0.3) is 0 Å². The van der Waals surface area contributed by atoms with Crippen LogP contribution in [-0.4, -0.2) is 44.2 Å². The summed E-state index contributed by atoms with van der Waals surface area (Å²) in [7, 11) is 3.10. The van der Waals surface area contributed by atoms with Crippen LogP contribution in [0.15, 0.2) is 35.2 Å². The normalized spacial score (nSPS) is 19.8. The minimum atomic E-state index is -4.59. The SMILES string of the molecule is COc1cc(C(F)(F)F)cc(SC)c1C(=O)CC1(c2ccc(F)c(F)c2)CCCN(C)C1. The Morgan fingerprint density at radius 2 is 1.91 bits per heavy atom. The molecule has 0 aliphatic carbocycles. The lowest BCUT2D eigenvalue weighted by Gasteiger charge is -2.42. The molecule has 0 amide bonds. The summed E-state index contributed by atoms with van der Waals surface area (Å²) in [5.41, 5.74) is -1.14. The molecule has 2 aromatic rings. The highest BCUT2D eigenvalue weighted by molar-refractivity contribution is 7.98. The third kappa shape index (κ3) is 4.93. The van der Waals surface area contributed by atoms with Gasteiger partial charge in [-0.15, -0.1) is 11.8 Å². The zero-order chi connectivity index (χ0) is 23.7. The number of carbonyl (C=O) groups is 1. The summed E-state index contributed by atoms with van der Waals surface area (Å²) >= 11 is 1.02. The van der Waals surface area contributed by atoms with E-state index in [0.717, 1.165) is 49.0 Å². The zero-order valence-electron chi connectivity index (χ0n) is 18.0. The van der Waals surface area contributed by atoms with Gasteiger partial charge in [-0.3, -0.25) is 4.79 Å². The lowest BCUT2D eigenvalue weighted by molar-refractivity contribution is -0.137. The molecule has 1 aliphatic heterocycles. The van der Waals surface area contributed by atoms with Crippen LogP contribution in [0.1, 0.15) is 40.7 Å². The van der Waals surface area contributed by atoms with Gasteiger partial charge in [0.2, 0.25) is 0 Å². The van der Waals surface area contributed by atoms with Crippen LogP contribution in [0.4, 0.5) is 22.0 Å². The lowest BCUT2D eigenvalue weighted by atomic mass is 9.70. The van der Waals surface area contributed by atoms with Crippen molar-refractivity contribution >= 4 is 17.5 Å². The molecule has 0 aromatic heterocycles. The van der Waals surface area contributed by atoms with E-state index in [2.05, 4.69) is 0 Å². The van der Waals surface area contributed by atoms with Crippen LogP contribution in [0.2, 0.25) is 0 Å². The number of hydrogen-bond donors (Lipinski definition) is 0. The number of methoxy groups -OCH3 is 1. The van der Waals surface area contributed by atoms with Crippen LogP contribution in [-0.2, 0) is 11.6 Å². The van der Waals surface area contributed by atoms with Crippen LogP contribution in [0.25, 0.3) is 0 Å². The summed E-state index contributed by atoms with van der Waals surface area (Å²) < 4.78 is 72.7. The standard InChI is InChI=1S/C23H24F5NO2S/c1-29-8-4-7-22(13-29,14-5-6-16(24)17(25)9-14)12-18(30)21-19(31-2)10-15(23(26,27)28)11-20(21)32-3/h5-6,9-11H,4,7-8,12-13H2,1-3H3. The highest BCUT2D eigenvalue weighted by Gasteiger charge is 2.40. The Morgan fingerprint density at radius 3 is 2.47 bits per heavy atom. The van der Waals surface area contributed by atoms with Crippen LogP contribution in [0.3, 0.4) is 0 Å². The third-order valence-electron chi connectivity index (χ3n) is 5.91. The minimum Gasteiger partial charge on any atom is -0.496 e. The summed E-state index contributed by atoms with van der Waals surface area (Å²) in [4.78, 5) is 15.7. The fourth-order valence-corrected chi connectivity index (χ4v) is 5.08. The molecule has 3 rings (SSSR count). The summed E-state index contributed by atoms with van der Waals surface area (Å²) in [6, 6.07) is 5.39. The van der Waals surface area contributed by atoms with E-state index in [-0.39, 0.29) is 22.6 Å². The monoisotopic (exact) mass is 473 g/mol. The summed E-state index contributed by atoms with van der Waals surface area (Å²) in [6.07, 6.45) is -1.77. The Kier molecular flexibility index (Phi) is 7.19. The molecule has 0 N–H and O–H groups in total. The van der Waals surface area contributed by atoms with E-state index in [4.69, 9.17) is 4.74 Å². The average molecular weight is 474 g/mol. The Morgan fingerprint density at radius 1 is 1.19 bits per heavy atom. The number of carbonyl (C=O) groups excluding carboxylic acids is 1. The number of Topliss-reactive ketones (excluding diaryl/α,β-unsaturated/α-hetero) is 1. The predicted molar refractivity (Wildman–Crippen MR) is 113 cm³/mol. The molecule has 0 bridgehead atoms.